The van der Waals surface area contributed by atoms with Crippen molar-refractivity contribution in [2.24, 2.45) is 0 Å². The highest BCUT2D eigenvalue weighted by molar-refractivity contribution is 7.91. The number of thiophene rings is 1. The van der Waals surface area contributed by atoms with Gasteiger partial charge in [-0.15, -0.1) is 11.3 Å². The second kappa shape index (κ2) is 11.2. The zero-order chi connectivity index (χ0) is 27.1. The predicted molar refractivity (Wildman–Crippen MR) is 155 cm³/mol. The van der Waals surface area contributed by atoms with Crippen molar-refractivity contribution >= 4 is 48.8 Å². The maximum absolute atomic E-state index is 11.8. The molecule has 2 N–H and O–H groups in total. The topological polar surface area (TPSA) is 124 Å². The first-order valence-electron chi connectivity index (χ1n) is 14.5. The van der Waals surface area contributed by atoms with Crippen LogP contribution in [0, 0.1) is 0 Å². The van der Waals surface area contributed by atoms with Gasteiger partial charge in [0.25, 0.3) is 0 Å². The summed E-state index contributed by atoms with van der Waals surface area (Å²) in [6.07, 6.45) is 10.4. The molecular formula is C27H37N7O4S2. The van der Waals surface area contributed by atoms with Crippen LogP contribution in [-0.4, -0.2) is 89.6 Å². The Labute approximate surface area is 238 Å². The first-order chi connectivity index (χ1) is 19.5. The number of aromatic nitrogens is 4. The van der Waals surface area contributed by atoms with Gasteiger partial charge in [0.15, 0.2) is 0 Å². The number of hydrogen-bond donors (Lipinski definition) is 2. The Bertz CT molecular complexity index is 1440. The maximum atomic E-state index is 11.8. The smallest absolute Gasteiger partial charge is 0.230 e. The summed E-state index contributed by atoms with van der Waals surface area (Å²) in [6, 6.07) is 1.12. The lowest BCUT2D eigenvalue weighted by molar-refractivity contribution is 0.00791. The quantitative estimate of drug-likeness (QED) is 0.443. The molecule has 40 heavy (non-hydrogen) atoms. The summed E-state index contributed by atoms with van der Waals surface area (Å²) in [5, 5.41) is 12.9. The minimum absolute atomic E-state index is 0.0938. The van der Waals surface area contributed by atoms with Gasteiger partial charge in [-0.1, -0.05) is 0 Å². The third kappa shape index (κ3) is 5.58. The van der Waals surface area contributed by atoms with Crippen LogP contribution >= 0.6 is 11.3 Å². The average Bonchev–Trinajstić information content (AvgIpc) is 3.58. The lowest BCUT2D eigenvalue weighted by Gasteiger charge is -2.39. The molecule has 3 aliphatic heterocycles. The number of ether oxygens (including phenoxy) is 2. The van der Waals surface area contributed by atoms with E-state index in [1.807, 2.05) is 10.9 Å². The molecule has 0 aromatic carbocycles. The molecule has 216 valence electrons. The highest BCUT2D eigenvalue weighted by Gasteiger charge is 2.29. The van der Waals surface area contributed by atoms with E-state index >= 15 is 0 Å². The standard InChI is InChI=1S/C27H37N7O4S2/c35-40(36)13-6-21(7-14-40)34-16-19(15-28-34)30-27-31-25(24-22-5-10-38-17-23(22)39-26(24)32-27)29-18-1-3-20(4-2-18)33-8-11-37-12-9-33/h15-16,18,20-21H,1-14,17H2,(H2,29,30,31,32). The molecule has 0 unspecified atom stereocenters. The van der Waals surface area contributed by atoms with Crippen LogP contribution in [0.5, 0.6) is 0 Å². The molecule has 3 aromatic heterocycles. The van der Waals surface area contributed by atoms with Crippen molar-refractivity contribution in [1.82, 2.24) is 24.6 Å². The lowest BCUT2D eigenvalue weighted by Crippen LogP contribution is -2.46. The van der Waals surface area contributed by atoms with Crippen LogP contribution in [0.3, 0.4) is 0 Å². The normalized spacial score (nSPS) is 26.0. The van der Waals surface area contributed by atoms with Crippen LogP contribution in [0.25, 0.3) is 10.2 Å². The summed E-state index contributed by atoms with van der Waals surface area (Å²) in [7, 11) is -2.91. The van der Waals surface area contributed by atoms with E-state index in [2.05, 4.69) is 20.6 Å². The molecule has 0 atom stereocenters. The van der Waals surface area contributed by atoms with Crippen molar-refractivity contribution in [2.45, 2.75) is 69.7 Å². The van der Waals surface area contributed by atoms with Gasteiger partial charge in [-0.2, -0.15) is 10.1 Å². The van der Waals surface area contributed by atoms with Gasteiger partial charge in [0.2, 0.25) is 5.95 Å². The summed E-state index contributed by atoms with van der Waals surface area (Å²) in [5.74, 6) is 1.89. The van der Waals surface area contributed by atoms with E-state index in [0.717, 1.165) is 73.9 Å². The molecule has 1 aliphatic carbocycles. The number of morpholine rings is 1. The minimum atomic E-state index is -2.91. The molecule has 13 heteroatoms. The third-order valence-electron chi connectivity index (χ3n) is 8.82. The average molecular weight is 588 g/mol. The Kier molecular flexibility index (Phi) is 7.41. The number of nitrogens with zero attached hydrogens (tertiary/aromatic N) is 5. The molecule has 0 bridgehead atoms. The summed E-state index contributed by atoms with van der Waals surface area (Å²) < 4.78 is 36.9. The van der Waals surface area contributed by atoms with Crippen molar-refractivity contribution in [2.75, 3.05) is 55.0 Å². The van der Waals surface area contributed by atoms with Gasteiger partial charge in [-0.3, -0.25) is 9.58 Å². The minimum Gasteiger partial charge on any atom is -0.379 e. The van der Waals surface area contributed by atoms with E-state index in [1.54, 1.807) is 17.5 Å². The molecule has 0 amide bonds. The van der Waals surface area contributed by atoms with Gasteiger partial charge in [0.1, 0.15) is 20.5 Å². The molecule has 0 spiro atoms. The van der Waals surface area contributed by atoms with Crippen LogP contribution in [-0.2, 0) is 32.3 Å². The van der Waals surface area contributed by atoms with Gasteiger partial charge in [0, 0.05) is 36.2 Å². The molecule has 2 saturated heterocycles. The monoisotopic (exact) mass is 587 g/mol. The SMILES string of the molecule is O=S1(=O)CCC(n2cc(Nc3nc(NC4CCC(N5CCOCC5)CC4)c4c5c(sc4n3)COCC5)cn2)CC1. The van der Waals surface area contributed by atoms with E-state index < -0.39 is 9.84 Å². The fourth-order valence-corrected chi connectivity index (χ4v) is 9.20. The van der Waals surface area contributed by atoms with E-state index in [-0.39, 0.29) is 17.5 Å². The second-order valence-electron chi connectivity index (χ2n) is 11.4. The molecule has 6 heterocycles. The first-order valence-corrected chi connectivity index (χ1v) is 17.1. The van der Waals surface area contributed by atoms with E-state index in [1.165, 1.54) is 23.3 Å². The highest BCUT2D eigenvalue weighted by Crippen LogP contribution is 2.39. The number of sulfone groups is 1. The van der Waals surface area contributed by atoms with Crippen LogP contribution in [0.4, 0.5) is 17.5 Å². The number of rotatable bonds is 6. The highest BCUT2D eigenvalue weighted by atomic mass is 32.2. The second-order valence-corrected chi connectivity index (χ2v) is 14.8. The van der Waals surface area contributed by atoms with Crippen molar-refractivity contribution < 1.29 is 17.9 Å². The summed E-state index contributed by atoms with van der Waals surface area (Å²) in [4.78, 5) is 14.7. The Balaban J connectivity index is 1.10. The van der Waals surface area contributed by atoms with Crippen molar-refractivity contribution in [1.29, 1.82) is 0 Å². The molecule has 0 radical (unpaired) electrons. The molecular weight excluding hydrogens is 550 g/mol. The Morgan fingerprint density at radius 2 is 1.75 bits per heavy atom. The zero-order valence-electron chi connectivity index (χ0n) is 22.7. The molecule has 3 fully saturated rings. The van der Waals surface area contributed by atoms with Crippen molar-refractivity contribution in [3.8, 4) is 0 Å². The maximum Gasteiger partial charge on any atom is 0.230 e. The number of hydrogen-bond acceptors (Lipinski definition) is 11. The van der Waals surface area contributed by atoms with E-state index in [0.29, 0.717) is 37.5 Å². The van der Waals surface area contributed by atoms with Gasteiger partial charge >= 0.3 is 0 Å². The summed E-state index contributed by atoms with van der Waals surface area (Å²) >= 11 is 1.70. The molecule has 3 aromatic rings. The van der Waals surface area contributed by atoms with Crippen LogP contribution in [0.15, 0.2) is 12.4 Å². The predicted octanol–water partition coefficient (Wildman–Crippen LogP) is 3.51. The van der Waals surface area contributed by atoms with Crippen molar-refractivity contribution in [3.63, 3.8) is 0 Å². The Morgan fingerprint density at radius 1 is 0.950 bits per heavy atom. The number of nitrogens with one attached hydrogen (secondary N) is 2. The van der Waals surface area contributed by atoms with Crippen LogP contribution in [0.2, 0.25) is 0 Å². The van der Waals surface area contributed by atoms with Gasteiger partial charge < -0.3 is 20.1 Å². The van der Waals surface area contributed by atoms with E-state index in [4.69, 9.17) is 19.4 Å². The number of anilines is 3. The molecule has 4 aliphatic rings. The summed E-state index contributed by atoms with van der Waals surface area (Å²) in [5.41, 5.74) is 2.12. The third-order valence-corrected chi connectivity index (χ3v) is 11.6. The largest absolute Gasteiger partial charge is 0.379 e. The van der Waals surface area contributed by atoms with Crippen LogP contribution < -0.4 is 10.6 Å². The van der Waals surface area contributed by atoms with Gasteiger partial charge in [0.05, 0.1) is 61.2 Å². The van der Waals surface area contributed by atoms with Gasteiger partial charge in [-0.05, 0) is 50.5 Å². The molecule has 11 nitrogen and oxygen atoms in total. The zero-order valence-corrected chi connectivity index (χ0v) is 24.3. The Morgan fingerprint density at radius 3 is 2.55 bits per heavy atom. The van der Waals surface area contributed by atoms with E-state index in [9.17, 15) is 8.42 Å². The number of fused-ring (bicyclic) bond motifs is 3. The van der Waals surface area contributed by atoms with Gasteiger partial charge in [-0.25, -0.2) is 13.4 Å². The van der Waals surface area contributed by atoms with Crippen LogP contribution in [0.1, 0.15) is 55.0 Å². The lowest BCUT2D eigenvalue weighted by atomic mass is 9.90. The van der Waals surface area contributed by atoms with Crippen molar-refractivity contribution in [3.05, 3.63) is 22.8 Å². The first kappa shape index (κ1) is 26.6. The fourth-order valence-electron chi connectivity index (χ4n) is 6.58. The Hall–Kier alpha value is -2.32. The molecule has 7 rings (SSSR count). The summed E-state index contributed by atoms with van der Waals surface area (Å²) in [6.45, 7) is 5.15. The molecule has 1 saturated carbocycles. The fraction of sp³-hybridized carbons (Fsp3) is 0.667.